The topological polar surface area (TPSA) is 41.1 Å². The zero-order valence-corrected chi connectivity index (χ0v) is 10.8. The SMILES string of the molecule is CC(NC(=O)C1CSCN1)C1CCCCC1. The molecule has 0 aromatic heterocycles. The maximum Gasteiger partial charge on any atom is 0.238 e. The first-order valence-electron chi connectivity index (χ1n) is 6.39. The molecule has 0 spiro atoms. The molecule has 2 atom stereocenters. The number of hydrogen-bond donors (Lipinski definition) is 2. The van der Waals surface area contributed by atoms with Crippen LogP contribution in [0.1, 0.15) is 39.0 Å². The Balaban J connectivity index is 1.76. The van der Waals surface area contributed by atoms with Crippen LogP contribution < -0.4 is 10.6 Å². The predicted molar refractivity (Wildman–Crippen MR) is 68.4 cm³/mol. The van der Waals surface area contributed by atoms with Crippen molar-refractivity contribution in [1.29, 1.82) is 0 Å². The van der Waals surface area contributed by atoms with Crippen molar-refractivity contribution in [3.63, 3.8) is 0 Å². The highest BCUT2D eigenvalue weighted by molar-refractivity contribution is 7.99. The van der Waals surface area contributed by atoms with Crippen LogP contribution >= 0.6 is 11.8 Å². The molecule has 2 aliphatic rings. The average Bonchev–Trinajstić information content (AvgIpc) is 2.83. The minimum atomic E-state index is 0.0380. The van der Waals surface area contributed by atoms with Crippen LogP contribution in [-0.4, -0.2) is 29.6 Å². The Morgan fingerprint density at radius 1 is 1.38 bits per heavy atom. The quantitative estimate of drug-likeness (QED) is 0.792. The van der Waals surface area contributed by atoms with Crippen molar-refractivity contribution in [3.8, 4) is 0 Å². The Kier molecular flexibility index (Phi) is 4.53. The molecule has 1 amide bonds. The number of carbonyl (C=O) groups is 1. The van der Waals surface area contributed by atoms with Gasteiger partial charge in [0.25, 0.3) is 0 Å². The molecule has 0 bridgehead atoms. The number of nitrogens with one attached hydrogen (secondary N) is 2. The smallest absolute Gasteiger partial charge is 0.238 e. The molecule has 1 saturated carbocycles. The molecule has 0 aromatic rings. The Hall–Kier alpha value is -0.220. The van der Waals surface area contributed by atoms with Gasteiger partial charge in [0.2, 0.25) is 5.91 Å². The van der Waals surface area contributed by atoms with Gasteiger partial charge in [-0.15, -0.1) is 11.8 Å². The Morgan fingerprint density at radius 2 is 2.12 bits per heavy atom. The minimum absolute atomic E-state index is 0.0380. The van der Waals surface area contributed by atoms with Crippen molar-refractivity contribution in [2.45, 2.75) is 51.1 Å². The lowest BCUT2D eigenvalue weighted by Gasteiger charge is -2.29. The van der Waals surface area contributed by atoms with E-state index >= 15 is 0 Å². The molecule has 2 unspecified atom stereocenters. The largest absolute Gasteiger partial charge is 0.352 e. The van der Waals surface area contributed by atoms with Gasteiger partial charge in [-0.1, -0.05) is 19.3 Å². The van der Waals surface area contributed by atoms with Gasteiger partial charge >= 0.3 is 0 Å². The summed E-state index contributed by atoms with van der Waals surface area (Å²) in [5, 5.41) is 6.39. The van der Waals surface area contributed by atoms with Gasteiger partial charge in [0.05, 0.1) is 6.04 Å². The third-order valence-corrected chi connectivity index (χ3v) is 4.70. The first-order valence-corrected chi connectivity index (χ1v) is 7.54. The Bertz CT molecular complexity index is 235. The normalized spacial score (nSPS) is 28.9. The summed E-state index contributed by atoms with van der Waals surface area (Å²) in [6.07, 6.45) is 6.62. The van der Waals surface area contributed by atoms with E-state index in [-0.39, 0.29) is 11.9 Å². The number of carbonyl (C=O) groups excluding carboxylic acids is 1. The fourth-order valence-corrected chi connectivity index (χ4v) is 3.58. The summed E-state index contributed by atoms with van der Waals surface area (Å²) in [6, 6.07) is 0.385. The summed E-state index contributed by atoms with van der Waals surface area (Å²) in [5.74, 6) is 2.73. The van der Waals surface area contributed by atoms with Crippen LogP contribution in [0, 0.1) is 5.92 Å². The highest BCUT2D eigenvalue weighted by atomic mass is 32.2. The molecule has 4 heteroatoms. The maximum absolute atomic E-state index is 11.9. The van der Waals surface area contributed by atoms with Crippen LogP contribution in [0.2, 0.25) is 0 Å². The second-order valence-corrected chi connectivity index (χ2v) is 6.00. The molecule has 16 heavy (non-hydrogen) atoms. The second-order valence-electron chi connectivity index (χ2n) is 4.97. The molecule has 2 N–H and O–H groups in total. The minimum Gasteiger partial charge on any atom is -0.352 e. The number of amides is 1. The van der Waals surface area contributed by atoms with E-state index in [1.54, 1.807) is 11.8 Å². The Morgan fingerprint density at radius 3 is 2.75 bits per heavy atom. The summed E-state index contributed by atoms with van der Waals surface area (Å²) in [5.41, 5.74) is 0. The van der Waals surface area contributed by atoms with E-state index in [4.69, 9.17) is 0 Å². The lowest BCUT2D eigenvalue weighted by atomic mass is 9.84. The number of hydrogen-bond acceptors (Lipinski definition) is 3. The van der Waals surface area contributed by atoms with E-state index in [0.717, 1.165) is 11.6 Å². The van der Waals surface area contributed by atoms with Crippen LogP contribution in [0.25, 0.3) is 0 Å². The van der Waals surface area contributed by atoms with Crippen molar-refractivity contribution < 1.29 is 4.79 Å². The zero-order chi connectivity index (χ0) is 11.4. The molecule has 92 valence electrons. The van der Waals surface area contributed by atoms with Crippen molar-refractivity contribution in [3.05, 3.63) is 0 Å². The standard InChI is InChI=1S/C12H22N2OS/c1-9(10-5-3-2-4-6-10)14-12(15)11-7-16-8-13-11/h9-11,13H,2-8H2,1H3,(H,14,15). The van der Waals surface area contributed by atoms with E-state index in [0.29, 0.717) is 12.0 Å². The van der Waals surface area contributed by atoms with Crippen molar-refractivity contribution >= 4 is 17.7 Å². The fraction of sp³-hybridized carbons (Fsp3) is 0.917. The fourth-order valence-electron chi connectivity index (χ4n) is 2.64. The highest BCUT2D eigenvalue weighted by Crippen LogP contribution is 2.26. The molecule has 1 heterocycles. The molecule has 3 nitrogen and oxygen atoms in total. The molecular weight excluding hydrogens is 220 g/mol. The summed E-state index contributed by atoms with van der Waals surface area (Å²) < 4.78 is 0. The maximum atomic E-state index is 11.9. The van der Waals surface area contributed by atoms with Crippen molar-refractivity contribution in [1.82, 2.24) is 10.6 Å². The zero-order valence-electron chi connectivity index (χ0n) is 10.00. The molecule has 1 saturated heterocycles. The van der Waals surface area contributed by atoms with Crippen LogP contribution in [0.15, 0.2) is 0 Å². The number of rotatable bonds is 3. The average molecular weight is 242 g/mol. The summed E-state index contributed by atoms with van der Waals surface area (Å²) in [6.45, 7) is 2.16. The van der Waals surface area contributed by atoms with Crippen molar-refractivity contribution in [2.75, 3.05) is 11.6 Å². The first kappa shape index (κ1) is 12.2. The third kappa shape index (κ3) is 3.14. The van der Waals surface area contributed by atoms with E-state index in [1.807, 2.05) is 0 Å². The van der Waals surface area contributed by atoms with Gasteiger partial charge in [-0.2, -0.15) is 0 Å². The second kappa shape index (κ2) is 5.92. The molecule has 2 fully saturated rings. The molecule has 0 radical (unpaired) electrons. The van der Waals surface area contributed by atoms with Crippen LogP contribution in [0.4, 0.5) is 0 Å². The molecule has 1 aliphatic heterocycles. The predicted octanol–water partition coefficient (Wildman–Crippen LogP) is 1.73. The monoisotopic (exact) mass is 242 g/mol. The van der Waals surface area contributed by atoms with Gasteiger partial charge < -0.3 is 5.32 Å². The van der Waals surface area contributed by atoms with Gasteiger partial charge in [0, 0.05) is 17.7 Å². The van der Waals surface area contributed by atoms with Crippen LogP contribution in [0.3, 0.4) is 0 Å². The van der Waals surface area contributed by atoms with Gasteiger partial charge in [-0.05, 0) is 25.7 Å². The summed E-state index contributed by atoms with van der Waals surface area (Å²) >= 11 is 1.80. The van der Waals surface area contributed by atoms with E-state index in [2.05, 4.69) is 17.6 Å². The highest BCUT2D eigenvalue weighted by Gasteiger charge is 2.26. The Labute approximate surface area is 102 Å². The van der Waals surface area contributed by atoms with Gasteiger partial charge in [0.1, 0.15) is 0 Å². The lowest BCUT2D eigenvalue weighted by molar-refractivity contribution is -0.123. The van der Waals surface area contributed by atoms with Gasteiger partial charge in [-0.3, -0.25) is 10.1 Å². The molecule has 0 aromatic carbocycles. The molecular formula is C12H22N2OS. The van der Waals surface area contributed by atoms with E-state index in [9.17, 15) is 4.79 Å². The summed E-state index contributed by atoms with van der Waals surface area (Å²) in [7, 11) is 0. The van der Waals surface area contributed by atoms with Gasteiger partial charge in [0.15, 0.2) is 0 Å². The van der Waals surface area contributed by atoms with Crippen LogP contribution in [-0.2, 0) is 4.79 Å². The third-order valence-electron chi connectivity index (χ3n) is 3.76. The molecule has 2 rings (SSSR count). The first-order chi connectivity index (χ1) is 7.77. The van der Waals surface area contributed by atoms with Gasteiger partial charge in [-0.25, -0.2) is 0 Å². The van der Waals surface area contributed by atoms with Crippen LogP contribution in [0.5, 0.6) is 0 Å². The molecule has 1 aliphatic carbocycles. The number of thioether (sulfide) groups is 1. The summed E-state index contributed by atoms with van der Waals surface area (Å²) in [4.78, 5) is 11.9. The van der Waals surface area contributed by atoms with E-state index < -0.39 is 0 Å². The lowest BCUT2D eigenvalue weighted by Crippen LogP contribution is -2.47. The van der Waals surface area contributed by atoms with E-state index in [1.165, 1.54) is 32.1 Å². The van der Waals surface area contributed by atoms with Crippen molar-refractivity contribution in [2.24, 2.45) is 5.92 Å².